The molecule has 1 aromatic rings. The van der Waals surface area contributed by atoms with Crippen LogP contribution in [0.2, 0.25) is 0 Å². The van der Waals surface area contributed by atoms with E-state index in [1.54, 1.807) is 6.92 Å². The van der Waals surface area contributed by atoms with Gasteiger partial charge in [0.2, 0.25) is 5.91 Å². The van der Waals surface area contributed by atoms with Gasteiger partial charge in [0.25, 0.3) is 0 Å². The number of hydrogen-bond donors (Lipinski definition) is 3. The van der Waals surface area contributed by atoms with Gasteiger partial charge in [0, 0.05) is 5.71 Å². The number of hydrogen-bond acceptors (Lipinski definition) is 4. The third-order valence-electron chi connectivity index (χ3n) is 1.73. The number of nitrogens with two attached hydrogens (primary N) is 1. The Kier molecular flexibility index (Phi) is 4.30. The first-order chi connectivity index (χ1) is 7.22. The van der Waals surface area contributed by atoms with Crippen LogP contribution in [0.4, 0.5) is 5.69 Å². The molecule has 0 aromatic heterocycles. The number of carbonyl (C=O) groups is 1. The van der Waals surface area contributed by atoms with Crippen LogP contribution in [0, 0.1) is 0 Å². The molecule has 0 unspecified atom stereocenters. The summed E-state index contributed by atoms with van der Waals surface area (Å²) < 4.78 is 0. The van der Waals surface area contributed by atoms with Crippen LogP contribution in [0.3, 0.4) is 0 Å². The first-order valence-electron chi connectivity index (χ1n) is 4.56. The molecule has 0 fully saturated rings. The van der Waals surface area contributed by atoms with Crippen molar-refractivity contribution >= 4 is 17.3 Å². The Hall–Kier alpha value is -1.88. The van der Waals surface area contributed by atoms with Crippen LogP contribution in [0.15, 0.2) is 35.4 Å². The van der Waals surface area contributed by atoms with Crippen molar-refractivity contribution in [3.63, 3.8) is 0 Å². The molecule has 4 N–H and O–H groups in total. The normalized spacial score (nSPS) is 10.9. The molecule has 0 atom stereocenters. The lowest BCUT2D eigenvalue weighted by molar-refractivity contribution is -0.119. The van der Waals surface area contributed by atoms with Gasteiger partial charge in [0.15, 0.2) is 0 Å². The summed E-state index contributed by atoms with van der Waals surface area (Å²) in [5, 5.41) is 4.03. The Labute approximate surface area is 88.3 Å². The molecule has 0 saturated carbocycles. The summed E-state index contributed by atoms with van der Waals surface area (Å²) in [6.45, 7) is 1.76. The first-order valence-corrected chi connectivity index (χ1v) is 4.56. The average molecular weight is 206 g/mol. The molecule has 0 heterocycles. The fourth-order valence-corrected chi connectivity index (χ4v) is 0.996. The average Bonchev–Trinajstić information content (AvgIpc) is 2.27. The number of rotatable bonds is 4. The Morgan fingerprint density at radius 2 is 2.07 bits per heavy atom. The lowest BCUT2D eigenvalue weighted by Gasteiger charge is -2.02. The van der Waals surface area contributed by atoms with Gasteiger partial charge in [-0.05, 0) is 19.1 Å². The molecule has 1 aromatic carbocycles. The van der Waals surface area contributed by atoms with E-state index in [4.69, 9.17) is 5.84 Å². The second-order valence-corrected chi connectivity index (χ2v) is 3.07. The molecule has 15 heavy (non-hydrogen) atoms. The Morgan fingerprint density at radius 3 is 2.67 bits per heavy atom. The monoisotopic (exact) mass is 206 g/mol. The van der Waals surface area contributed by atoms with E-state index in [1.165, 1.54) is 0 Å². The Morgan fingerprint density at radius 1 is 1.40 bits per heavy atom. The number of anilines is 1. The van der Waals surface area contributed by atoms with E-state index in [2.05, 4.69) is 10.5 Å². The van der Waals surface area contributed by atoms with Crippen molar-refractivity contribution < 1.29 is 4.79 Å². The number of nitrogens with zero attached hydrogens (tertiary/aromatic N) is 1. The predicted octanol–water partition coefficient (Wildman–Crippen LogP) is 0.854. The van der Waals surface area contributed by atoms with Crippen molar-refractivity contribution in [3.05, 3.63) is 30.3 Å². The van der Waals surface area contributed by atoms with Crippen LogP contribution in [0.1, 0.15) is 13.3 Å². The number of amides is 1. The molecular formula is C10H14N4O. The molecule has 0 aliphatic carbocycles. The highest BCUT2D eigenvalue weighted by Gasteiger charge is 2.00. The Bertz CT molecular complexity index is 348. The first kappa shape index (κ1) is 11.2. The van der Waals surface area contributed by atoms with Crippen molar-refractivity contribution in [2.75, 3.05) is 5.43 Å². The van der Waals surface area contributed by atoms with Crippen LogP contribution < -0.4 is 16.7 Å². The zero-order valence-electron chi connectivity index (χ0n) is 8.53. The maximum atomic E-state index is 10.9. The highest BCUT2D eigenvalue weighted by atomic mass is 16.2. The number of benzene rings is 1. The van der Waals surface area contributed by atoms with Crippen LogP contribution in [-0.2, 0) is 4.79 Å². The maximum Gasteiger partial charge on any atom is 0.239 e. The van der Waals surface area contributed by atoms with Gasteiger partial charge in [-0.1, -0.05) is 18.2 Å². The topological polar surface area (TPSA) is 79.5 Å². The summed E-state index contributed by atoms with van der Waals surface area (Å²) in [6, 6.07) is 9.50. The smallest absolute Gasteiger partial charge is 0.239 e. The molecule has 1 rings (SSSR count). The van der Waals surface area contributed by atoms with Gasteiger partial charge in [0.1, 0.15) is 0 Å². The van der Waals surface area contributed by atoms with E-state index in [0.717, 1.165) is 5.69 Å². The number of para-hydroxylation sites is 1. The van der Waals surface area contributed by atoms with E-state index < -0.39 is 0 Å². The van der Waals surface area contributed by atoms with Gasteiger partial charge < -0.3 is 0 Å². The SMILES string of the molecule is C/C(CC(=O)NN)=N\Nc1ccccc1. The maximum absolute atomic E-state index is 10.9. The van der Waals surface area contributed by atoms with E-state index in [0.29, 0.717) is 5.71 Å². The highest BCUT2D eigenvalue weighted by Crippen LogP contribution is 2.04. The van der Waals surface area contributed by atoms with Crippen molar-refractivity contribution in [1.29, 1.82) is 0 Å². The molecule has 80 valence electrons. The minimum Gasteiger partial charge on any atom is -0.294 e. The van der Waals surface area contributed by atoms with Crippen molar-refractivity contribution in [2.45, 2.75) is 13.3 Å². The Balaban J connectivity index is 2.47. The summed E-state index contributed by atoms with van der Waals surface area (Å²) in [7, 11) is 0. The van der Waals surface area contributed by atoms with E-state index in [9.17, 15) is 4.79 Å². The molecule has 0 radical (unpaired) electrons. The molecule has 5 nitrogen and oxygen atoms in total. The van der Waals surface area contributed by atoms with Crippen LogP contribution in [-0.4, -0.2) is 11.6 Å². The fraction of sp³-hybridized carbons (Fsp3) is 0.200. The van der Waals surface area contributed by atoms with Crippen LogP contribution in [0.25, 0.3) is 0 Å². The lowest BCUT2D eigenvalue weighted by Crippen LogP contribution is -2.31. The third kappa shape index (κ3) is 4.24. The summed E-state index contributed by atoms with van der Waals surface area (Å²) >= 11 is 0. The summed E-state index contributed by atoms with van der Waals surface area (Å²) in [5.74, 6) is 4.69. The zero-order chi connectivity index (χ0) is 11.1. The second kappa shape index (κ2) is 5.77. The highest BCUT2D eigenvalue weighted by molar-refractivity contribution is 5.99. The number of nitrogens with one attached hydrogen (secondary N) is 2. The number of hydrazone groups is 1. The summed E-state index contributed by atoms with van der Waals surface area (Å²) in [5.41, 5.74) is 6.44. The largest absolute Gasteiger partial charge is 0.294 e. The lowest BCUT2D eigenvalue weighted by atomic mass is 10.3. The van der Waals surface area contributed by atoms with E-state index in [1.807, 2.05) is 35.8 Å². The van der Waals surface area contributed by atoms with Crippen LogP contribution in [0.5, 0.6) is 0 Å². The molecule has 0 spiro atoms. The molecule has 0 saturated heterocycles. The molecular weight excluding hydrogens is 192 g/mol. The minimum absolute atomic E-state index is 0.191. The number of carbonyl (C=O) groups excluding carboxylic acids is 1. The fourth-order valence-electron chi connectivity index (χ4n) is 0.996. The molecule has 5 heteroatoms. The van der Waals surface area contributed by atoms with E-state index >= 15 is 0 Å². The zero-order valence-corrected chi connectivity index (χ0v) is 8.53. The minimum atomic E-state index is -0.258. The van der Waals surface area contributed by atoms with Crippen molar-refractivity contribution in [2.24, 2.45) is 10.9 Å². The quantitative estimate of drug-likeness (QED) is 0.296. The summed E-state index contributed by atoms with van der Waals surface area (Å²) in [4.78, 5) is 10.9. The van der Waals surface area contributed by atoms with Gasteiger partial charge in [-0.15, -0.1) is 0 Å². The van der Waals surface area contributed by atoms with Gasteiger partial charge in [-0.2, -0.15) is 5.10 Å². The van der Waals surface area contributed by atoms with Crippen molar-refractivity contribution in [3.8, 4) is 0 Å². The molecule has 1 amide bonds. The molecule has 0 aliphatic rings. The standard InChI is InChI=1S/C10H14N4O/c1-8(7-10(15)12-11)13-14-9-5-3-2-4-6-9/h2-6,14H,7,11H2,1H3,(H,12,15)/b13-8+. The number of hydrazine groups is 1. The van der Waals surface area contributed by atoms with Gasteiger partial charge >= 0.3 is 0 Å². The molecule has 0 aliphatic heterocycles. The summed E-state index contributed by atoms with van der Waals surface area (Å²) in [6.07, 6.45) is 0.191. The van der Waals surface area contributed by atoms with Gasteiger partial charge in [-0.25, -0.2) is 5.84 Å². The third-order valence-corrected chi connectivity index (χ3v) is 1.73. The van der Waals surface area contributed by atoms with Crippen molar-refractivity contribution in [1.82, 2.24) is 5.43 Å². The van der Waals surface area contributed by atoms with Gasteiger partial charge in [0.05, 0.1) is 12.1 Å². The van der Waals surface area contributed by atoms with Gasteiger partial charge in [-0.3, -0.25) is 15.6 Å². The molecule has 0 bridgehead atoms. The second-order valence-electron chi connectivity index (χ2n) is 3.07. The van der Waals surface area contributed by atoms with Crippen LogP contribution >= 0.6 is 0 Å². The predicted molar refractivity (Wildman–Crippen MR) is 60.1 cm³/mol. The van der Waals surface area contributed by atoms with E-state index in [-0.39, 0.29) is 12.3 Å².